The molecule has 0 amide bonds. The first kappa shape index (κ1) is 14.5. The predicted octanol–water partition coefficient (Wildman–Crippen LogP) is 6.00. The summed E-state index contributed by atoms with van der Waals surface area (Å²) < 4.78 is 9.57. The van der Waals surface area contributed by atoms with Crippen molar-refractivity contribution in [1.82, 2.24) is 8.75 Å². The third-order valence-corrected chi connectivity index (χ3v) is 6.01. The van der Waals surface area contributed by atoms with Crippen LogP contribution in [0.15, 0.2) is 22.0 Å². The first-order valence-corrected chi connectivity index (χ1v) is 8.83. The second-order valence-electron chi connectivity index (χ2n) is 4.18. The van der Waals surface area contributed by atoms with Crippen LogP contribution >= 0.6 is 62.2 Å². The Kier molecular flexibility index (Phi) is 4.19. The van der Waals surface area contributed by atoms with Crippen LogP contribution < -0.4 is 5.32 Å². The summed E-state index contributed by atoms with van der Waals surface area (Å²) in [7, 11) is 0. The molecule has 0 bridgehead atoms. The number of hydrogen-bond donors (Lipinski definition) is 1. The zero-order valence-corrected chi connectivity index (χ0v) is 14.9. The van der Waals surface area contributed by atoms with E-state index < -0.39 is 0 Å². The number of hydrogen-bond acceptors (Lipinski definition) is 5. The van der Waals surface area contributed by atoms with Crippen molar-refractivity contribution in [3.63, 3.8) is 0 Å². The van der Waals surface area contributed by atoms with Crippen molar-refractivity contribution >= 4 is 78.9 Å². The number of halogens is 3. The molecule has 0 fully saturated rings. The van der Waals surface area contributed by atoms with Gasteiger partial charge in [-0.05, 0) is 40.4 Å². The lowest BCUT2D eigenvalue weighted by atomic mass is 10.2. The van der Waals surface area contributed by atoms with Gasteiger partial charge in [0.15, 0.2) is 0 Å². The van der Waals surface area contributed by atoms with Crippen LogP contribution in [-0.2, 0) is 0 Å². The summed E-state index contributed by atoms with van der Waals surface area (Å²) in [6.45, 7) is 2.08. The number of benzene rings is 1. The second-order valence-corrected chi connectivity index (χ2v) is 7.32. The molecule has 1 N–H and O–H groups in total. The molecule has 8 heteroatoms. The lowest BCUT2D eigenvalue weighted by Gasteiger charge is -2.16. The maximum Gasteiger partial charge on any atom is 0.130 e. The molecule has 0 aliphatic carbocycles. The Morgan fingerprint density at radius 1 is 1.25 bits per heavy atom. The van der Waals surface area contributed by atoms with Gasteiger partial charge in [-0.15, -0.1) is 11.3 Å². The number of rotatable bonds is 3. The Bertz CT molecular complexity index is 771. The van der Waals surface area contributed by atoms with Crippen molar-refractivity contribution in [2.24, 2.45) is 0 Å². The van der Waals surface area contributed by atoms with Crippen LogP contribution in [0.4, 0.5) is 5.69 Å². The smallest absolute Gasteiger partial charge is 0.130 e. The predicted molar refractivity (Wildman–Crippen MR) is 91.5 cm³/mol. The molecule has 0 aliphatic heterocycles. The molecular weight excluding hydrogens is 401 g/mol. The van der Waals surface area contributed by atoms with Gasteiger partial charge >= 0.3 is 0 Å². The van der Waals surface area contributed by atoms with E-state index in [9.17, 15) is 0 Å². The molecule has 104 valence electrons. The number of nitrogens with one attached hydrogen (secondary N) is 1. The molecule has 1 atom stereocenters. The highest BCUT2D eigenvalue weighted by molar-refractivity contribution is 9.10. The van der Waals surface area contributed by atoms with E-state index in [1.807, 2.05) is 11.4 Å². The second kappa shape index (κ2) is 5.77. The highest BCUT2D eigenvalue weighted by Gasteiger charge is 2.18. The quantitative estimate of drug-likeness (QED) is 0.577. The minimum Gasteiger partial charge on any atom is -0.375 e. The zero-order valence-electron chi connectivity index (χ0n) is 10.2. The van der Waals surface area contributed by atoms with Crippen molar-refractivity contribution in [2.45, 2.75) is 13.0 Å². The third kappa shape index (κ3) is 2.55. The molecule has 0 radical (unpaired) electrons. The Labute approximate surface area is 142 Å². The van der Waals surface area contributed by atoms with Gasteiger partial charge < -0.3 is 5.32 Å². The molecule has 1 unspecified atom stereocenters. The van der Waals surface area contributed by atoms with Gasteiger partial charge in [0.2, 0.25) is 0 Å². The Morgan fingerprint density at radius 2 is 2.00 bits per heavy atom. The summed E-state index contributed by atoms with van der Waals surface area (Å²) in [6.07, 6.45) is 0. The van der Waals surface area contributed by atoms with E-state index in [1.54, 1.807) is 17.4 Å². The average Bonchev–Trinajstić information content (AvgIpc) is 3.02. The van der Waals surface area contributed by atoms with Crippen molar-refractivity contribution < 1.29 is 0 Å². The maximum absolute atomic E-state index is 6.29. The van der Waals surface area contributed by atoms with E-state index in [-0.39, 0.29) is 6.04 Å². The van der Waals surface area contributed by atoms with E-state index in [1.165, 1.54) is 4.88 Å². The SMILES string of the molecule is CC(Nc1c(Cl)cc(Cl)c2nsnc12)c1sccc1Br. The van der Waals surface area contributed by atoms with Crippen LogP contribution in [0.1, 0.15) is 17.8 Å². The monoisotopic (exact) mass is 407 g/mol. The van der Waals surface area contributed by atoms with Crippen LogP contribution in [0.5, 0.6) is 0 Å². The van der Waals surface area contributed by atoms with Crippen molar-refractivity contribution in [1.29, 1.82) is 0 Å². The summed E-state index contributed by atoms with van der Waals surface area (Å²) in [5.74, 6) is 0. The Morgan fingerprint density at radius 3 is 2.70 bits per heavy atom. The summed E-state index contributed by atoms with van der Waals surface area (Å²) in [5, 5.41) is 6.52. The standard InChI is InChI=1S/C12H8BrCl2N3S2/c1-5(12-6(13)2-3-19-12)16-9-7(14)4-8(15)10-11(9)18-20-17-10/h2-5,16H,1H3. The molecule has 0 spiro atoms. The number of aromatic nitrogens is 2. The Balaban J connectivity index is 2.03. The average molecular weight is 409 g/mol. The van der Waals surface area contributed by atoms with E-state index in [2.05, 4.69) is 36.9 Å². The maximum atomic E-state index is 6.29. The van der Waals surface area contributed by atoms with E-state index >= 15 is 0 Å². The number of nitrogens with zero attached hydrogens (tertiary/aromatic N) is 2. The van der Waals surface area contributed by atoms with E-state index in [0.717, 1.165) is 21.9 Å². The molecule has 2 heterocycles. The largest absolute Gasteiger partial charge is 0.375 e. The molecule has 3 aromatic rings. The minimum absolute atomic E-state index is 0.105. The van der Waals surface area contributed by atoms with Gasteiger partial charge in [0, 0.05) is 9.35 Å². The molecule has 3 nitrogen and oxygen atoms in total. The van der Waals surface area contributed by atoms with Gasteiger partial charge in [-0.3, -0.25) is 0 Å². The molecule has 0 saturated carbocycles. The molecule has 20 heavy (non-hydrogen) atoms. The molecular formula is C12H8BrCl2N3S2. The lowest BCUT2D eigenvalue weighted by molar-refractivity contribution is 0.905. The fraction of sp³-hybridized carbons (Fsp3) is 0.167. The Hall–Kier alpha value is -0.400. The fourth-order valence-electron chi connectivity index (χ4n) is 1.91. The van der Waals surface area contributed by atoms with E-state index in [4.69, 9.17) is 23.2 Å². The summed E-state index contributed by atoms with van der Waals surface area (Å²) in [4.78, 5) is 1.20. The molecule has 3 rings (SSSR count). The molecule has 2 aromatic heterocycles. The number of fused-ring (bicyclic) bond motifs is 1. The summed E-state index contributed by atoms with van der Waals surface area (Å²) in [6, 6.07) is 3.83. The van der Waals surface area contributed by atoms with Gasteiger partial charge in [0.05, 0.1) is 33.5 Å². The molecule has 1 aromatic carbocycles. The van der Waals surface area contributed by atoms with Crippen LogP contribution in [0.2, 0.25) is 10.0 Å². The number of thiophene rings is 1. The third-order valence-electron chi connectivity index (χ3n) is 2.84. The normalized spacial score (nSPS) is 12.8. The van der Waals surface area contributed by atoms with Gasteiger partial charge in [0.25, 0.3) is 0 Å². The van der Waals surface area contributed by atoms with Crippen LogP contribution in [0.25, 0.3) is 11.0 Å². The van der Waals surface area contributed by atoms with Crippen molar-refractivity contribution in [3.8, 4) is 0 Å². The minimum atomic E-state index is 0.105. The van der Waals surface area contributed by atoms with Crippen molar-refractivity contribution in [3.05, 3.63) is 36.9 Å². The highest BCUT2D eigenvalue weighted by atomic mass is 79.9. The van der Waals surface area contributed by atoms with Gasteiger partial charge in [-0.25, -0.2) is 0 Å². The molecule has 0 aliphatic rings. The highest BCUT2D eigenvalue weighted by Crippen LogP contribution is 2.38. The topological polar surface area (TPSA) is 37.8 Å². The summed E-state index contributed by atoms with van der Waals surface area (Å²) in [5.41, 5.74) is 2.17. The van der Waals surface area contributed by atoms with E-state index in [0.29, 0.717) is 21.1 Å². The van der Waals surface area contributed by atoms with Gasteiger partial charge in [-0.2, -0.15) is 8.75 Å². The first-order valence-electron chi connectivity index (χ1n) is 5.67. The van der Waals surface area contributed by atoms with Gasteiger partial charge in [-0.1, -0.05) is 23.2 Å². The van der Waals surface area contributed by atoms with Gasteiger partial charge in [0.1, 0.15) is 11.0 Å². The molecule has 0 saturated heterocycles. The lowest BCUT2D eigenvalue weighted by Crippen LogP contribution is -2.06. The van der Waals surface area contributed by atoms with Crippen LogP contribution in [-0.4, -0.2) is 8.75 Å². The summed E-state index contributed by atoms with van der Waals surface area (Å²) >= 11 is 18.8. The van der Waals surface area contributed by atoms with Crippen molar-refractivity contribution in [2.75, 3.05) is 5.32 Å². The fourth-order valence-corrected chi connectivity index (χ4v) is 4.80. The number of anilines is 1. The van der Waals surface area contributed by atoms with Crippen LogP contribution in [0.3, 0.4) is 0 Å². The first-order chi connectivity index (χ1) is 9.58. The van der Waals surface area contributed by atoms with Crippen LogP contribution in [0, 0.1) is 0 Å². The zero-order chi connectivity index (χ0) is 14.3.